The summed E-state index contributed by atoms with van der Waals surface area (Å²) in [7, 11) is 0. The number of carbonyl (C=O) groups is 2. The molecule has 2 heterocycles. The Morgan fingerprint density at radius 1 is 1.41 bits per heavy atom. The number of carbonyl (C=O) groups excluding carboxylic acids is 2. The van der Waals surface area contributed by atoms with E-state index in [4.69, 9.17) is 0 Å². The highest BCUT2D eigenvalue weighted by atomic mass is 16.6. The lowest BCUT2D eigenvalue weighted by Gasteiger charge is -2.27. The topological polar surface area (TPSA) is 121 Å². The summed E-state index contributed by atoms with van der Waals surface area (Å²) in [4.78, 5) is 37.1. The average molecular weight is 369 g/mol. The SMILES string of the molecule is C=CCNC(=O)c1n[nH]c2c1CN(C(=O)Cc1ccccc1[N+](=O)[O-])CC2. The molecular formula is C18H19N5O4. The minimum atomic E-state index is -0.491. The normalized spacial score (nSPS) is 13.0. The van der Waals surface area contributed by atoms with Crippen LogP contribution in [0.2, 0.25) is 0 Å². The Kier molecular flexibility index (Phi) is 5.30. The zero-order valence-corrected chi connectivity index (χ0v) is 14.6. The number of benzene rings is 1. The van der Waals surface area contributed by atoms with E-state index in [-0.39, 0.29) is 36.2 Å². The second-order valence-electron chi connectivity index (χ2n) is 6.16. The van der Waals surface area contributed by atoms with Gasteiger partial charge in [-0.1, -0.05) is 24.3 Å². The molecule has 2 amide bonds. The fourth-order valence-corrected chi connectivity index (χ4v) is 3.06. The van der Waals surface area contributed by atoms with E-state index in [1.165, 1.54) is 6.07 Å². The summed E-state index contributed by atoms with van der Waals surface area (Å²) in [6, 6.07) is 6.20. The summed E-state index contributed by atoms with van der Waals surface area (Å²) in [5, 5.41) is 20.7. The molecule has 0 saturated heterocycles. The third-order valence-electron chi connectivity index (χ3n) is 4.44. The van der Waals surface area contributed by atoms with Crippen molar-refractivity contribution in [2.24, 2.45) is 0 Å². The van der Waals surface area contributed by atoms with Gasteiger partial charge in [0.25, 0.3) is 11.6 Å². The van der Waals surface area contributed by atoms with E-state index in [0.717, 1.165) is 5.69 Å². The third kappa shape index (κ3) is 3.86. The number of amides is 2. The van der Waals surface area contributed by atoms with Gasteiger partial charge in [-0.05, 0) is 0 Å². The van der Waals surface area contributed by atoms with Gasteiger partial charge in [0.15, 0.2) is 5.69 Å². The van der Waals surface area contributed by atoms with E-state index in [2.05, 4.69) is 22.1 Å². The number of aromatic amines is 1. The van der Waals surface area contributed by atoms with Crippen molar-refractivity contribution in [3.63, 3.8) is 0 Å². The molecule has 9 heteroatoms. The quantitative estimate of drug-likeness (QED) is 0.452. The molecule has 3 rings (SSSR count). The van der Waals surface area contributed by atoms with Crippen molar-refractivity contribution in [1.29, 1.82) is 0 Å². The highest BCUT2D eigenvalue weighted by molar-refractivity contribution is 5.94. The first-order valence-electron chi connectivity index (χ1n) is 8.46. The van der Waals surface area contributed by atoms with Crippen LogP contribution in [0.15, 0.2) is 36.9 Å². The summed E-state index contributed by atoms with van der Waals surface area (Å²) < 4.78 is 0. The number of nitro benzene ring substituents is 1. The van der Waals surface area contributed by atoms with Crippen LogP contribution in [0.3, 0.4) is 0 Å². The Labute approximate surface area is 155 Å². The van der Waals surface area contributed by atoms with Gasteiger partial charge < -0.3 is 10.2 Å². The second-order valence-corrected chi connectivity index (χ2v) is 6.16. The smallest absolute Gasteiger partial charge is 0.273 e. The van der Waals surface area contributed by atoms with Crippen molar-refractivity contribution >= 4 is 17.5 Å². The summed E-state index contributed by atoms with van der Waals surface area (Å²) in [5.74, 6) is -0.561. The Morgan fingerprint density at radius 2 is 2.19 bits per heavy atom. The van der Waals surface area contributed by atoms with Crippen LogP contribution in [0, 0.1) is 10.1 Å². The number of para-hydroxylation sites is 1. The number of hydrogen-bond acceptors (Lipinski definition) is 5. The van der Waals surface area contributed by atoms with Crippen LogP contribution >= 0.6 is 0 Å². The van der Waals surface area contributed by atoms with Gasteiger partial charge in [0, 0.05) is 48.9 Å². The van der Waals surface area contributed by atoms with Gasteiger partial charge in [0.05, 0.1) is 11.3 Å². The van der Waals surface area contributed by atoms with E-state index < -0.39 is 4.92 Å². The van der Waals surface area contributed by atoms with Gasteiger partial charge in [-0.3, -0.25) is 24.8 Å². The van der Waals surface area contributed by atoms with Gasteiger partial charge >= 0.3 is 0 Å². The number of aromatic nitrogens is 2. The molecule has 0 atom stereocenters. The Balaban J connectivity index is 1.75. The molecule has 0 unspecified atom stereocenters. The van der Waals surface area contributed by atoms with Gasteiger partial charge in [0.2, 0.25) is 5.91 Å². The summed E-state index contributed by atoms with van der Waals surface area (Å²) in [6.45, 7) is 4.57. The van der Waals surface area contributed by atoms with Crippen molar-refractivity contribution in [2.45, 2.75) is 19.4 Å². The number of rotatable bonds is 6. The molecular weight excluding hydrogens is 350 g/mol. The molecule has 27 heavy (non-hydrogen) atoms. The molecule has 0 bridgehead atoms. The van der Waals surface area contributed by atoms with Crippen LogP contribution in [-0.2, 0) is 24.2 Å². The number of fused-ring (bicyclic) bond motifs is 1. The van der Waals surface area contributed by atoms with Crippen LogP contribution in [0.4, 0.5) is 5.69 Å². The fraction of sp³-hybridized carbons (Fsp3) is 0.278. The maximum absolute atomic E-state index is 12.7. The lowest BCUT2D eigenvalue weighted by molar-refractivity contribution is -0.385. The molecule has 9 nitrogen and oxygen atoms in total. The van der Waals surface area contributed by atoms with Gasteiger partial charge in [-0.15, -0.1) is 6.58 Å². The predicted octanol–water partition coefficient (Wildman–Crippen LogP) is 1.36. The molecule has 1 aliphatic rings. The Bertz CT molecular complexity index is 905. The van der Waals surface area contributed by atoms with E-state index >= 15 is 0 Å². The Hall–Kier alpha value is -3.49. The Morgan fingerprint density at radius 3 is 2.93 bits per heavy atom. The van der Waals surface area contributed by atoms with Crippen LogP contribution in [0.5, 0.6) is 0 Å². The molecule has 2 N–H and O–H groups in total. The zero-order valence-electron chi connectivity index (χ0n) is 14.6. The third-order valence-corrected chi connectivity index (χ3v) is 4.44. The molecule has 0 aliphatic carbocycles. The molecule has 2 aromatic rings. The van der Waals surface area contributed by atoms with Crippen LogP contribution in [-0.4, -0.2) is 44.9 Å². The van der Waals surface area contributed by atoms with Crippen molar-refractivity contribution in [2.75, 3.05) is 13.1 Å². The van der Waals surface area contributed by atoms with E-state index in [0.29, 0.717) is 30.6 Å². The maximum atomic E-state index is 12.7. The standard InChI is InChI=1S/C18H19N5O4/c1-2-8-19-18(25)17-13-11-22(9-7-14(13)20-21-17)16(24)10-12-5-3-4-6-15(12)23(26)27/h2-6H,1,7-11H2,(H,19,25)(H,20,21). The number of nitrogens with one attached hydrogen (secondary N) is 2. The van der Waals surface area contributed by atoms with Crippen LogP contribution < -0.4 is 5.32 Å². The van der Waals surface area contributed by atoms with Crippen molar-refractivity contribution < 1.29 is 14.5 Å². The van der Waals surface area contributed by atoms with Crippen LogP contribution in [0.1, 0.15) is 27.3 Å². The number of nitro groups is 1. The van der Waals surface area contributed by atoms with E-state index in [1.54, 1.807) is 29.2 Å². The minimum absolute atomic E-state index is 0.0671. The molecule has 0 radical (unpaired) electrons. The molecule has 1 aromatic carbocycles. The molecule has 1 aromatic heterocycles. The van der Waals surface area contributed by atoms with E-state index in [9.17, 15) is 19.7 Å². The predicted molar refractivity (Wildman–Crippen MR) is 97.0 cm³/mol. The maximum Gasteiger partial charge on any atom is 0.273 e. The molecule has 1 aliphatic heterocycles. The highest BCUT2D eigenvalue weighted by Crippen LogP contribution is 2.23. The van der Waals surface area contributed by atoms with Crippen molar-refractivity contribution in [3.05, 3.63) is 69.5 Å². The summed E-state index contributed by atoms with van der Waals surface area (Å²) in [6.07, 6.45) is 2.04. The zero-order chi connectivity index (χ0) is 19.4. The second kappa shape index (κ2) is 7.81. The lowest BCUT2D eigenvalue weighted by atomic mass is 10.0. The summed E-state index contributed by atoms with van der Waals surface area (Å²) in [5.41, 5.74) is 2.06. The molecule has 0 spiro atoms. The number of hydrogen-bond donors (Lipinski definition) is 2. The van der Waals surface area contributed by atoms with Crippen molar-refractivity contribution in [1.82, 2.24) is 20.4 Å². The van der Waals surface area contributed by atoms with Gasteiger partial charge in [-0.2, -0.15) is 5.10 Å². The first kappa shape index (κ1) is 18.3. The number of nitrogens with zero attached hydrogens (tertiary/aromatic N) is 3. The molecule has 140 valence electrons. The van der Waals surface area contributed by atoms with Crippen LogP contribution in [0.25, 0.3) is 0 Å². The highest BCUT2D eigenvalue weighted by Gasteiger charge is 2.28. The first-order chi connectivity index (χ1) is 13.0. The van der Waals surface area contributed by atoms with Crippen molar-refractivity contribution in [3.8, 4) is 0 Å². The average Bonchev–Trinajstić information content (AvgIpc) is 3.09. The molecule has 0 saturated carbocycles. The largest absolute Gasteiger partial charge is 0.347 e. The first-order valence-corrected chi connectivity index (χ1v) is 8.46. The van der Waals surface area contributed by atoms with Gasteiger partial charge in [-0.25, -0.2) is 0 Å². The minimum Gasteiger partial charge on any atom is -0.347 e. The van der Waals surface area contributed by atoms with E-state index in [1.807, 2.05) is 0 Å². The fourth-order valence-electron chi connectivity index (χ4n) is 3.06. The number of H-pyrrole nitrogens is 1. The lowest BCUT2D eigenvalue weighted by Crippen LogP contribution is -2.37. The molecule has 0 fully saturated rings. The van der Waals surface area contributed by atoms with Gasteiger partial charge in [0.1, 0.15) is 0 Å². The summed E-state index contributed by atoms with van der Waals surface area (Å²) >= 11 is 0. The monoisotopic (exact) mass is 369 g/mol.